The quantitative estimate of drug-likeness (QED) is 0.770. The first kappa shape index (κ1) is 13.8. The largest absolute Gasteiger partial charge is 0.292 e. The van der Waals surface area contributed by atoms with Gasteiger partial charge in [-0.1, -0.05) is 51.8 Å². The number of rotatable bonds is 3. The molecule has 0 amide bonds. The Kier molecular flexibility index (Phi) is 4.36. The van der Waals surface area contributed by atoms with Crippen molar-refractivity contribution in [3.05, 3.63) is 69.2 Å². The van der Waals surface area contributed by atoms with Crippen LogP contribution in [0.5, 0.6) is 0 Å². The van der Waals surface area contributed by atoms with Crippen molar-refractivity contribution in [2.45, 2.75) is 5.92 Å². The third kappa shape index (κ3) is 3.04. The second-order valence-corrected chi connectivity index (χ2v) is 5.28. The number of ketones is 1. The molecule has 1 atom stereocenters. The van der Waals surface area contributed by atoms with E-state index in [1.165, 1.54) is 0 Å². The number of benzene rings is 2. The summed E-state index contributed by atoms with van der Waals surface area (Å²) in [6.45, 7) is 0. The van der Waals surface area contributed by atoms with Gasteiger partial charge in [0.25, 0.3) is 0 Å². The van der Waals surface area contributed by atoms with Gasteiger partial charge < -0.3 is 0 Å². The van der Waals surface area contributed by atoms with Crippen molar-refractivity contribution < 1.29 is 4.79 Å². The van der Waals surface area contributed by atoms with E-state index in [1.54, 1.807) is 48.5 Å². The van der Waals surface area contributed by atoms with Crippen molar-refractivity contribution in [2.24, 2.45) is 0 Å². The molecule has 94 valence electrons. The van der Waals surface area contributed by atoms with Gasteiger partial charge in [-0.05, 0) is 29.8 Å². The highest BCUT2D eigenvalue weighted by Crippen LogP contribution is 2.25. The summed E-state index contributed by atoms with van der Waals surface area (Å²) < 4.78 is 0.901. The Morgan fingerprint density at radius 2 is 1.79 bits per heavy atom. The van der Waals surface area contributed by atoms with Crippen LogP contribution < -0.4 is 0 Å². The molecule has 0 aromatic heterocycles. The van der Waals surface area contributed by atoms with Gasteiger partial charge in [-0.2, -0.15) is 5.26 Å². The summed E-state index contributed by atoms with van der Waals surface area (Å²) in [5.74, 6) is -1.12. The molecule has 0 fully saturated rings. The maximum atomic E-state index is 12.4. The molecule has 4 heteroatoms. The molecule has 0 aliphatic rings. The molecule has 0 saturated heterocycles. The second kappa shape index (κ2) is 6.01. The minimum Gasteiger partial charge on any atom is -0.292 e. The molecule has 0 saturated carbocycles. The number of hydrogen-bond donors (Lipinski definition) is 0. The van der Waals surface area contributed by atoms with E-state index < -0.39 is 5.92 Å². The van der Waals surface area contributed by atoms with Gasteiger partial charge in [-0.25, -0.2) is 0 Å². The zero-order valence-corrected chi connectivity index (χ0v) is 12.1. The number of carbonyl (C=O) groups is 1. The number of halogens is 2. The fraction of sp³-hybridized carbons (Fsp3) is 0.0667. The number of nitrogens with zero attached hydrogens (tertiary/aromatic N) is 1. The Balaban J connectivity index is 2.38. The molecule has 1 unspecified atom stereocenters. The topological polar surface area (TPSA) is 40.9 Å². The molecule has 0 aliphatic heterocycles. The summed E-state index contributed by atoms with van der Waals surface area (Å²) in [4.78, 5) is 12.4. The van der Waals surface area contributed by atoms with Crippen molar-refractivity contribution in [1.29, 1.82) is 5.26 Å². The monoisotopic (exact) mass is 333 g/mol. The maximum absolute atomic E-state index is 12.4. The molecule has 0 heterocycles. The normalized spacial score (nSPS) is 11.6. The first-order chi connectivity index (χ1) is 9.13. The second-order valence-electron chi connectivity index (χ2n) is 3.96. The molecule has 2 rings (SSSR count). The first-order valence-electron chi connectivity index (χ1n) is 5.57. The summed E-state index contributed by atoms with van der Waals surface area (Å²) in [6, 6.07) is 15.9. The Labute approximate surface area is 124 Å². The van der Waals surface area contributed by atoms with Crippen LogP contribution in [0, 0.1) is 11.3 Å². The van der Waals surface area contributed by atoms with Crippen molar-refractivity contribution >= 4 is 33.3 Å². The lowest BCUT2D eigenvalue weighted by molar-refractivity contribution is 0.0979. The van der Waals surface area contributed by atoms with Crippen LogP contribution in [-0.2, 0) is 0 Å². The first-order valence-corrected chi connectivity index (χ1v) is 6.74. The minimum atomic E-state index is -0.840. The maximum Gasteiger partial charge on any atom is 0.185 e. The zero-order chi connectivity index (χ0) is 13.8. The summed E-state index contributed by atoms with van der Waals surface area (Å²) in [5, 5.41) is 9.61. The van der Waals surface area contributed by atoms with E-state index >= 15 is 0 Å². The number of Topliss-reactive ketones (excluding diaryl/α,β-unsaturated/α-hetero) is 1. The highest BCUT2D eigenvalue weighted by Gasteiger charge is 2.23. The van der Waals surface area contributed by atoms with Crippen LogP contribution in [0.15, 0.2) is 53.0 Å². The van der Waals surface area contributed by atoms with E-state index in [9.17, 15) is 10.1 Å². The Hall–Kier alpha value is -1.63. The molecular weight excluding hydrogens is 326 g/mol. The molecule has 2 aromatic rings. The van der Waals surface area contributed by atoms with Crippen molar-refractivity contribution in [3.8, 4) is 6.07 Å². The molecule has 0 radical (unpaired) electrons. The van der Waals surface area contributed by atoms with Crippen molar-refractivity contribution in [2.75, 3.05) is 0 Å². The SMILES string of the molecule is N#CC(C(=O)c1ccccc1Cl)c1ccc(Br)cc1. The van der Waals surface area contributed by atoms with Crippen LogP contribution in [-0.4, -0.2) is 5.78 Å². The van der Waals surface area contributed by atoms with E-state index in [4.69, 9.17) is 11.6 Å². The summed E-state index contributed by atoms with van der Waals surface area (Å²) in [7, 11) is 0. The molecule has 0 N–H and O–H groups in total. The van der Waals surface area contributed by atoms with Gasteiger partial charge in [0.05, 0.1) is 11.1 Å². The van der Waals surface area contributed by atoms with Gasteiger partial charge in [0.1, 0.15) is 5.92 Å². The van der Waals surface area contributed by atoms with E-state index in [0.29, 0.717) is 16.1 Å². The predicted octanol–water partition coefficient (Wildman–Crippen LogP) is 4.59. The van der Waals surface area contributed by atoms with Crippen LogP contribution in [0.2, 0.25) is 5.02 Å². The van der Waals surface area contributed by atoms with Crippen LogP contribution in [0.4, 0.5) is 0 Å². The van der Waals surface area contributed by atoms with Gasteiger partial charge in [0.15, 0.2) is 5.78 Å². The fourth-order valence-electron chi connectivity index (χ4n) is 1.76. The molecule has 0 spiro atoms. The lowest BCUT2D eigenvalue weighted by Gasteiger charge is -2.10. The average Bonchev–Trinajstić information content (AvgIpc) is 2.42. The third-order valence-electron chi connectivity index (χ3n) is 2.73. The van der Waals surface area contributed by atoms with Crippen LogP contribution >= 0.6 is 27.5 Å². The highest BCUT2D eigenvalue weighted by molar-refractivity contribution is 9.10. The van der Waals surface area contributed by atoms with Crippen molar-refractivity contribution in [1.82, 2.24) is 0 Å². The molecule has 19 heavy (non-hydrogen) atoms. The van der Waals surface area contributed by atoms with Gasteiger partial charge in [0, 0.05) is 10.0 Å². The smallest absolute Gasteiger partial charge is 0.185 e. The summed E-state index contributed by atoms with van der Waals surface area (Å²) in [5.41, 5.74) is 1.04. The van der Waals surface area contributed by atoms with E-state index in [1.807, 2.05) is 6.07 Å². The molecule has 2 aromatic carbocycles. The minimum absolute atomic E-state index is 0.282. The van der Waals surface area contributed by atoms with Crippen LogP contribution in [0.1, 0.15) is 21.8 Å². The number of nitriles is 1. The van der Waals surface area contributed by atoms with Gasteiger partial charge in [-0.15, -0.1) is 0 Å². The predicted molar refractivity (Wildman–Crippen MR) is 78.3 cm³/mol. The lowest BCUT2D eigenvalue weighted by atomic mass is 9.92. The lowest BCUT2D eigenvalue weighted by Crippen LogP contribution is -2.11. The Bertz CT molecular complexity index is 646. The Morgan fingerprint density at radius 1 is 1.16 bits per heavy atom. The van der Waals surface area contributed by atoms with Gasteiger partial charge in [0.2, 0.25) is 0 Å². The van der Waals surface area contributed by atoms with Gasteiger partial charge in [-0.3, -0.25) is 4.79 Å². The Morgan fingerprint density at radius 3 is 2.37 bits per heavy atom. The third-order valence-corrected chi connectivity index (χ3v) is 3.59. The van der Waals surface area contributed by atoms with E-state index in [-0.39, 0.29) is 5.78 Å². The summed E-state index contributed by atoms with van der Waals surface area (Å²) in [6.07, 6.45) is 0. The van der Waals surface area contributed by atoms with E-state index in [0.717, 1.165) is 4.47 Å². The van der Waals surface area contributed by atoms with Crippen molar-refractivity contribution in [3.63, 3.8) is 0 Å². The average molecular weight is 335 g/mol. The van der Waals surface area contributed by atoms with E-state index in [2.05, 4.69) is 15.9 Å². The molecule has 2 nitrogen and oxygen atoms in total. The zero-order valence-electron chi connectivity index (χ0n) is 9.81. The van der Waals surface area contributed by atoms with Crippen LogP contribution in [0.3, 0.4) is 0 Å². The standard InChI is InChI=1S/C15H9BrClNO/c16-11-7-5-10(6-8-11)13(9-18)15(19)12-3-1-2-4-14(12)17/h1-8,13H. The summed E-state index contributed by atoms with van der Waals surface area (Å²) >= 11 is 9.32. The fourth-order valence-corrected chi connectivity index (χ4v) is 2.25. The molecule has 0 aliphatic carbocycles. The van der Waals surface area contributed by atoms with Gasteiger partial charge >= 0.3 is 0 Å². The van der Waals surface area contributed by atoms with Crippen LogP contribution in [0.25, 0.3) is 0 Å². The highest BCUT2D eigenvalue weighted by atomic mass is 79.9. The number of hydrogen-bond acceptors (Lipinski definition) is 2. The number of carbonyl (C=O) groups excluding carboxylic acids is 1. The molecular formula is C15H9BrClNO. The molecule has 0 bridgehead atoms.